The highest BCUT2D eigenvalue weighted by Crippen LogP contribution is 2.46. The van der Waals surface area contributed by atoms with Crippen LogP contribution in [0.4, 0.5) is 0 Å². The molecule has 1 fully saturated rings. The fourth-order valence-electron chi connectivity index (χ4n) is 1.55. The molecule has 0 radical (unpaired) electrons. The number of hydrogen-bond donors (Lipinski definition) is 2. The molecule has 1 aromatic carbocycles. The Hall–Kier alpha value is -1.07. The topological polar surface area (TPSA) is 74.6 Å². The molecule has 1 aliphatic rings. The zero-order valence-corrected chi connectivity index (χ0v) is 8.87. The van der Waals surface area contributed by atoms with Crippen molar-refractivity contribution in [2.24, 2.45) is 0 Å². The number of benzene rings is 1. The van der Waals surface area contributed by atoms with Crippen molar-refractivity contribution in [2.45, 2.75) is 22.5 Å². The van der Waals surface area contributed by atoms with Gasteiger partial charge in [-0.15, -0.1) is 0 Å². The van der Waals surface area contributed by atoms with Gasteiger partial charge in [-0.3, -0.25) is 0 Å². The molecule has 82 valence electrons. The molecule has 1 aromatic rings. The number of aromatic hydroxyl groups is 1. The van der Waals surface area contributed by atoms with E-state index in [0.717, 1.165) is 0 Å². The largest absolute Gasteiger partial charge is 0.508 e. The minimum atomic E-state index is -3.51. The Morgan fingerprint density at radius 1 is 1.33 bits per heavy atom. The van der Waals surface area contributed by atoms with Crippen molar-refractivity contribution in [3.63, 3.8) is 0 Å². The standard InChI is InChI=1S/C10H12O4S/c11-7-10(4-5-10)15(13,14)9-3-1-2-8(12)6-9/h1-3,6,11-12H,4-5,7H2. The Bertz CT molecular complexity index is 474. The third-order valence-electron chi connectivity index (χ3n) is 2.79. The molecular formula is C10H12O4S. The SMILES string of the molecule is O=S(=O)(c1cccc(O)c1)C1(CO)CC1. The predicted octanol–water partition coefficient (Wildman–Crippen LogP) is 0.691. The molecule has 4 nitrogen and oxygen atoms in total. The number of rotatable bonds is 3. The van der Waals surface area contributed by atoms with Gasteiger partial charge >= 0.3 is 0 Å². The molecule has 1 saturated carbocycles. The minimum absolute atomic E-state index is 0.0778. The fourth-order valence-corrected chi connectivity index (χ4v) is 3.40. The van der Waals surface area contributed by atoms with Crippen molar-refractivity contribution < 1.29 is 18.6 Å². The second-order valence-electron chi connectivity index (χ2n) is 3.84. The van der Waals surface area contributed by atoms with Gasteiger partial charge in [0.15, 0.2) is 9.84 Å². The van der Waals surface area contributed by atoms with Crippen LogP contribution in [0.25, 0.3) is 0 Å². The van der Waals surface area contributed by atoms with Crippen molar-refractivity contribution in [2.75, 3.05) is 6.61 Å². The number of phenols is 1. The lowest BCUT2D eigenvalue weighted by Gasteiger charge is -2.13. The van der Waals surface area contributed by atoms with E-state index in [9.17, 15) is 13.5 Å². The number of hydrogen-bond acceptors (Lipinski definition) is 4. The van der Waals surface area contributed by atoms with Gasteiger partial charge in [-0.05, 0) is 31.0 Å². The Balaban J connectivity index is 2.47. The molecule has 5 heteroatoms. The summed E-state index contributed by atoms with van der Waals surface area (Å²) in [7, 11) is -3.51. The van der Waals surface area contributed by atoms with Gasteiger partial charge in [-0.1, -0.05) is 6.07 Å². The summed E-state index contributed by atoms with van der Waals surface area (Å²) in [6, 6.07) is 5.54. The Kier molecular flexibility index (Phi) is 2.24. The van der Waals surface area contributed by atoms with Crippen molar-refractivity contribution >= 4 is 9.84 Å². The zero-order valence-electron chi connectivity index (χ0n) is 8.05. The van der Waals surface area contributed by atoms with Gasteiger partial charge in [0.05, 0.1) is 16.2 Å². The maximum Gasteiger partial charge on any atom is 0.186 e. The van der Waals surface area contributed by atoms with E-state index in [1.165, 1.54) is 24.3 Å². The van der Waals surface area contributed by atoms with E-state index in [1.54, 1.807) is 0 Å². The molecule has 15 heavy (non-hydrogen) atoms. The smallest absolute Gasteiger partial charge is 0.186 e. The summed E-state index contributed by atoms with van der Waals surface area (Å²) < 4.78 is 23.1. The van der Waals surface area contributed by atoms with Crippen LogP contribution in [-0.4, -0.2) is 30.0 Å². The van der Waals surface area contributed by atoms with Crippen LogP contribution in [0.3, 0.4) is 0 Å². The summed E-state index contributed by atoms with van der Waals surface area (Å²) in [5, 5.41) is 18.3. The highest BCUT2D eigenvalue weighted by molar-refractivity contribution is 7.93. The van der Waals surface area contributed by atoms with Crippen LogP contribution in [0.1, 0.15) is 12.8 Å². The molecule has 0 atom stereocenters. The first kappa shape index (κ1) is 10.4. The molecule has 1 aliphatic carbocycles. The zero-order chi connectivity index (χ0) is 11.1. The van der Waals surface area contributed by atoms with Crippen LogP contribution in [0, 0.1) is 0 Å². The van der Waals surface area contributed by atoms with Crippen LogP contribution >= 0.6 is 0 Å². The van der Waals surface area contributed by atoms with E-state index < -0.39 is 14.6 Å². The first-order valence-electron chi connectivity index (χ1n) is 4.66. The Morgan fingerprint density at radius 2 is 2.00 bits per heavy atom. The summed E-state index contributed by atoms with van der Waals surface area (Å²) in [6.07, 6.45) is 0.975. The number of phenolic OH excluding ortho intramolecular Hbond substituents is 1. The summed E-state index contributed by atoms with van der Waals surface area (Å²) in [5.41, 5.74) is 0. The van der Waals surface area contributed by atoms with Crippen molar-refractivity contribution in [3.8, 4) is 5.75 Å². The quantitative estimate of drug-likeness (QED) is 0.798. The first-order valence-corrected chi connectivity index (χ1v) is 6.15. The van der Waals surface area contributed by atoms with Gasteiger partial charge < -0.3 is 10.2 Å². The summed E-state index contributed by atoms with van der Waals surface area (Å²) in [5.74, 6) is -0.0789. The molecular weight excluding hydrogens is 216 g/mol. The fraction of sp³-hybridized carbons (Fsp3) is 0.400. The normalized spacial score (nSPS) is 18.7. The third-order valence-corrected chi connectivity index (χ3v) is 5.35. The lowest BCUT2D eigenvalue weighted by atomic mass is 10.3. The second-order valence-corrected chi connectivity index (χ2v) is 6.19. The highest BCUT2D eigenvalue weighted by atomic mass is 32.2. The van der Waals surface area contributed by atoms with Crippen LogP contribution in [0.2, 0.25) is 0 Å². The van der Waals surface area contributed by atoms with Gasteiger partial charge in [-0.25, -0.2) is 8.42 Å². The van der Waals surface area contributed by atoms with E-state index in [1.807, 2.05) is 0 Å². The van der Waals surface area contributed by atoms with E-state index in [0.29, 0.717) is 12.8 Å². The van der Waals surface area contributed by atoms with E-state index in [2.05, 4.69) is 0 Å². The lowest BCUT2D eigenvalue weighted by Crippen LogP contribution is -2.27. The van der Waals surface area contributed by atoms with Crippen LogP contribution in [0.5, 0.6) is 5.75 Å². The highest BCUT2D eigenvalue weighted by Gasteiger charge is 2.54. The molecule has 2 rings (SSSR count). The first-order chi connectivity index (χ1) is 7.02. The molecule has 2 N–H and O–H groups in total. The average molecular weight is 228 g/mol. The van der Waals surface area contributed by atoms with Gasteiger partial charge in [-0.2, -0.15) is 0 Å². The Labute approximate surface area is 88.1 Å². The third kappa shape index (κ3) is 1.52. The van der Waals surface area contributed by atoms with Crippen LogP contribution in [-0.2, 0) is 9.84 Å². The van der Waals surface area contributed by atoms with Crippen molar-refractivity contribution in [3.05, 3.63) is 24.3 Å². The van der Waals surface area contributed by atoms with Gasteiger partial charge in [0.1, 0.15) is 5.75 Å². The number of aliphatic hydroxyl groups excluding tert-OH is 1. The average Bonchev–Trinajstić information content (AvgIpc) is 2.98. The minimum Gasteiger partial charge on any atom is -0.508 e. The van der Waals surface area contributed by atoms with Crippen molar-refractivity contribution in [1.82, 2.24) is 0 Å². The molecule has 0 aromatic heterocycles. The molecule has 0 spiro atoms. The van der Waals surface area contributed by atoms with Gasteiger partial charge in [0.25, 0.3) is 0 Å². The second kappa shape index (κ2) is 3.21. The van der Waals surface area contributed by atoms with Crippen LogP contribution < -0.4 is 0 Å². The molecule has 0 aliphatic heterocycles. The molecule has 0 saturated heterocycles. The van der Waals surface area contributed by atoms with E-state index in [-0.39, 0.29) is 17.3 Å². The Morgan fingerprint density at radius 3 is 2.47 bits per heavy atom. The number of aliphatic hydroxyl groups is 1. The monoisotopic (exact) mass is 228 g/mol. The van der Waals surface area contributed by atoms with Gasteiger partial charge in [0, 0.05) is 0 Å². The molecule has 0 heterocycles. The summed E-state index contributed by atoms with van der Waals surface area (Å²) >= 11 is 0. The summed E-state index contributed by atoms with van der Waals surface area (Å²) in [6.45, 7) is -0.356. The maximum absolute atomic E-state index is 12.0. The number of sulfone groups is 1. The molecule has 0 bridgehead atoms. The van der Waals surface area contributed by atoms with Gasteiger partial charge in [0.2, 0.25) is 0 Å². The summed E-state index contributed by atoms with van der Waals surface area (Å²) in [4.78, 5) is 0.0778. The predicted molar refractivity (Wildman–Crippen MR) is 54.3 cm³/mol. The molecule has 0 amide bonds. The van der Waals surface area contributed by atoms with E-state index >= 15 is 0 Å². The lowest BCUT2D eigenvalue weighted by molar-refractivity contribution is 0.283. The van der Waals surface area contributed by atoms with Crippen LogP contribution in [0.15, 0.2) is 29.2 Å². The van der Waals surface area contributed by atoms with Crippen molar-refractivity contribution in [1.29, 1.82) is 0 Å². The van der Waals surface area contributed by atoms with E-state index in [4.69, 9.17) is 5.11 Å². The maximum atomic E-state index is 12.0. The molecule has 0 unspecified atom stereocenters.